The standard InChI is InChI=1S/C21H24FO4P/c1-21(2,15-3-7-17(8-4-15)24-12-19-13-25-19)16-5-9-18(10-6-16)26-14-20(11-22)27-23/h3-10,19-20H,11-14H2,1-2H3. The highest BCUT2D eigenvalue weighted by Crippen LogP contribution is 2.33. The number of alkyl halides is 1. The van der Waals surface area contributed by atoms with Gasteiger partial charge in [-0.3, -0.25) is 4.57 Å². The van der Waals surface area contributed by atoms with Crippen molar-refractivity contribution in [1.82, 2.24) is 0 Å². The molecule has 0 radical (unpaired) electrons. The van der Waals surface area contributed by atoms with Gasteiger partial charge < -0.3 is 14.2 Å². The van der Waals surface area contributed by atoms with E-state index in [0.717, 1.165) is 17.9 Å². The highest BCUT2D eigenvalue weighted by Gasteiger charge is 2.25. The molecule has 0 amide bonds. The first-order valence-electron chi connectivity index (χ1n) is 8.99. The van der Waals surface area contributed by atoms with E-state index in [1.807, 2.05) is 36.4 Å². The topological polar surface area (TPSA) is 48.1 Å². The minimum Gasteiger partial charge on any atom is -0.492 e. The molecule has 144 valence electrons. The third-order valence-electron chi connectivity index (χ3n) is 4.76. The fourth-order valence-corrected chi connectivity index (χ4v) is 2.94. The van der Waals surface area contributed by atoms with E-state index in [0.29, 0.717) is 12.4 Å². The molecular weight excluding hydrogens is 366 g/mol. The third kappa shape index (κ3) is 5.27. The van der Waals surface area contributed by atoms with Crippen molar-refractivity contribution in [2.24, 2.45) is 0 Å². The lowest BCUT2D eigenvalue weighted by Crippen LogP contribution is -2.19. The summed E-state index contributed by atoms with van der Waals surface area (Å²) in [4.78, 5) is 0. The molecule has 27 heavy (non-hydrogen) atoms. The number of hydrogen-bond donors (Lipinski definition) is 0. The van der Waals surface area contributed by atoms with Gasteiger partial charge in [-0.2, -0.15) is 0 Å². The van der Waals surface area contributed by atoms with Crippen molar-refractivity contribution < 1.29 is 23.2 Å². The second-order valence-electron chi connectivity index (χ2n) is 7.16. The normalized spacial score (nSPS) is 17.5. The first-order valence-corrected chi connectivity index (χ1v) is 9.88. The quantitative estimate of drug-likeness (QED) is 0.432. The summed E-state index contributed by atoms with van der Waals surface area (Å²) >= 11 is 0. The van der Waals surface area contributed by atoms with E-state index in [2.05, 4.69) is 26.0 Å². The van der Waals surface area contributed by atoms with Crippen molar-refractivity contribution in [2.45, 2.75) is 31.0 Å². The van der Waals surface area contributed by atoms with Gasteiger partial charge in [0.05, 0.1) is 6.61 Å². The summed E-state index contributed by atoms with van der Waals surface area (Å²) in [7, 11) is -0.230. The molecule has 2 aromatic carbocycles. The number of epoxide rings is 1. The first-order chi connectivity index (χ1) is 13.0. The maximum absolute atomic E-state index is 12.6. The van der Waals surface area contributed by atoms with Crippen LogP contribution in [0, 0.1) is 0 Å². The van der Waals surface area contributed by atoms with E-state index in [1.54, 1.807) is 0 Å². The molecule has 0 saturated carbocycles. The molecule has 1 aliphatic heterocycles. The average Bonchev–Trinajstić information content (AvgIpc) is 3.52. The molecule has 6 heteroatoms. The Hall–Kier alpha value is -1.97. The largest absolute Gasteiger partial charge is 0.492 e. The van der Waals surface area contributed by atoms with Crippen LogP contribution in [0.2, 0.25) is 0 Å². The van der Waals surface area contributed by atoms with Gasteiger partial charge in [-0.15, -0.1) is 0 Å². The van der Waals surface area contributed by atoms with Crippen LogP contribution in [0.5, 0.6) is 11.5 Å². The van der Waals surface area contributed by atoms with E-state index >= 15 is 0 Å². The minimum absolute atomic E-state index is 0.0949. The van der Waals surface area contributed by atoms with Crippen LogP contribution in [0.1, 0.15) is 25.0 Å². The predicted octanol–water partition coefficient (Wildman–Crippen LogP) is 4.80. The molecule has 4 nitrogen and oxygen atoms in total. The van der Waals surface area contributed by atoms with Crippen LogP contribution in [0.25, 0.3) is 0 Å². The van der Waals surface area contributed by atoms with Crippen LogP contribution >= 0.6 is 8.46 Å². The highest BCUT2D eigenvalue weighted by atomic mass is 31.1. The molecule has 2 aromatic rings. The highest BCUT2D eigenvalue weighted by molar-refractivity contribution is 7.24. The molecule has 3 rings (SSSR count). The second-order valence-corrected chi connectivity index (χ2v) is 8.11. The summed E-state index contributed by atoms with van der Waals surface area (Å²) < 4.78 is 39.7. The summed E-state index contributed by atoms with van der Waals surface area (Å²) in [6.45, 7) is 5.13. The third-order valence-corrected chi connectivity index (χ3v) is 5.35. The lowest BCUT2D eigenvalue weighted by Gasteiger charge is -2.26. The Labute approximate surface area is 160 Å². The molecule has 0 aromatic heterocycles. The van der Waals surface area contributed by atoms with Crippen LogP contribution in [-0.2, 0) is 14.7 Å². The Morgan fingerprint density at radius 3 is 2.04 bits per heavy atom. The van der Waals surface area contributed by atoms with Crippen LogP contribution < -0.4 is 9.47 Å². The molecule has 1 aliphatic rings. The molecule has 1 heterocycles. The number of ether oxygens (including phenoxy) is 3. The van der Waals surface area contributed by atoms with Crippen molar-refractivity contribution in [1.29, 1.82) is 0 Å². The second kappa shape index (κ2) is 8.81. The summed E-state index contributed by atoms with van der Waals surface area (Å²) in [6, 6.07) is 15.8. The van der Waals surface area contributed by atoms with Crippen LogP contribution in [0.4, 0.5) is 4.39 Å². The van der Waals surface area contributed by atoms with E-state index in [1.165, 1.54) is 5.56 Å². The summed E-state index contributed by atoms with van der Waals surface area (Å²) in [5.74, 6) is 1.48. The molecule has 1 fully saturated rings. The fraction of sp³-hybridized carbons (Fsp3) is 0.429. The lowest BCUT2D eigenvalue weighted by molar-refractivity contribution is 0.263. The van der Waals surface area contributed by atoms with Crippen LogP contribution in [0.15, 0.2) is 48.5 Å². The molecule has 2 atom stereocenters. The van der Waals surface area contributed by atoms with Crippen molar-refractivity contribution in [3.05, 3.63) is 59.7 Å². The summed E-state index contributed by atoms with van der Waals surface area (Å²) in [5, 5.41) is 0. The van der Waals surface area contributed by atoms with Crippen LogP contribution in [0.3, 0.4) is 0 Å². The molecule has 0 spiro atoms. The van der Waals surface area contributed by atoms with Crippen molar-refractivity contribution in [2.75, 3.05) is 26.5 Å². The Balaban J connectivity index is 1.63. The number of hydrogen-bond acceptors (Lipinski definition) is 4. The van der Waals surface area contributed by atoms with Gasteiger partial charge in [-0.1, -0.05) is 38.1 Å². The predicted molar refractivity (Wildman–Crippen MR) is 103 cm³/mol. The SMILES string of the molecule is CC(C)(c1ccc(OCC2CO2)cc1)c1ccc(OCC(CF)P=O)cc1. The van der Waals surface area contributed by atoms with Gasteiger partial charge in [0.1, 0.15) is 43.2 Å². The Morgan fingerprint density at radius 2 is 1.59 bits per heavy atom. The van der Waals surface area contributed by atoms with Crippen molar-refractivity contribution >= 4 is 8.46 Å². The minimum atomic E-state index is -0.663. The van der Waals surface area contributed by atoms with Gasteiger partial charge in [0.25, 0.3) is 0 Å². The van der Waals surface area contributed by atoms with E-state index in [-0.39, 0.29) is 26.6 Å². The van der Waals surface area contributed by atoms with Gasteiger partial charge in [0, 0.05) is 5.41 Å². The Morgan fingerprint density at radius 1 is 1.07 bits per heavy atom. The number of halogens is 1. The first kappa shape index (κ1) is 19.8. The van der Waals surface area contributed by atoms with E-state index in [9.17, 15) is 8.96 Å². The summed E-state index contributed by atoms with van der Waals surface area (Å²) in [6.07, 6.45) is 0.246. The van der Waals surface area contributed by atoms with Gasteiger partial charge in [-0.25, -0.2) is 4.39 Å². The zero-order valence-corrected chi connectivity index (χ0v) is 16.5. The van der Waals surface area contributed by atoms with Gasteiger partial charge in [0.2, 0.25) is 0 Å². The van der Waals surface area contributed by atoms with Gasteiger partial charge in [0.15, 0.2) is 8.46 Å². The molecule has 2 unspecified atom stereocenters. The van der Waals surface area contributed by atoms with Crippen LogP contribution in [-0.4, -0.2) is 38.3 Å². The Kier molecular flexibility index (Phi) is 6.46. The average molecular weight is 390 g/mol. The zero-order chi connectivity index (χ0) is 19.3. The van der Waals surface area contributed by atoms with Gasteiger partial charge in [-0.05, 0) is 35.4 Å². The van der Waals surface area contributed by atoms with E-state index < -0.39 is 12.3 Å². The molecule has 1 saturated heterocycles. The van der Waals surface area contributed by atoms with Gasteiger partial charge >= 0.3 is 0 Å². The fourth-order valence-electron chi connectivity index (χ4n) is 2.75. The van der Waals surface area contributed by atoms with E-state index in [4.69, 9.17) is 14.2 Å². The summed E-state index contributed by atoms with van der Waals surface area (Å²) in [5.41, 5.74) is 1.51. The molecule has 0 aliphatic carbocycles. The smallest absolute Gasteiger partial charge is 0.165 e. The van der Waals surface area contributed by atoms with Crippen molar-refractivity contribution in [3.63, 3.8) is 0 Å². The molecular formula is C21H24FO4P. The maximum atomic E-state index is 12.6. The molecule has 0 bridgehead atoms. The number of benzene rings is 2. The van der Waals surface area contributed by atoms with Crippen molar-refractivity contribution in [3.8, 4) is 11.5 Å². The maximum Gasteiger partial charge on any atom is 0.165 e. The lowest BCUT2D eigenvalue weighted by atomic mass is 9.78. The Bertz CT molecular complexity index is 742. The molecule has 0 N–H and O–H groups in total. The zero-order valence-electron chi connectivity index (χ0n) is 15.6. The number of rotatable bonds is 10. The monoisotopic (exact) mass is 390 g/mol.